The van der Waals surface area contributed by atoms with Crippen LogP contribution >= 0.6 is 0 Å². The Morgan fingerprint density at radius 3 is 2.48 bits per heavy atom. The highest BCUT2D eigenvalue weighted by Gasteiger charge is 2.16. The Morgan fingerprint density at radius 2 is 1.85 bits per heavy atom. The fourth-order valence-corrected chi connectivity index (χ4v) is 2.46. The van der Waals surface area contributed by atoms with Gasteiger partial charge in [0, 0.05) is 6.07 Å². The van der Waals surface area contributed by atoms with Crippen LogP contribution in [0.5, 0.6) is 11.6 Å². The van der Waals surface area contributed by atoms with Gasteiger partial charge >= 0.3 is 0 Å². The van der Waals surface area contributed by atoms with Crippen molar-refractivity contribution >= 4 is 17.1 Å². The minimum atomic E-state index is -0.523. The lowest BCUT2D eigenvalue weighted by Gasteiger charge is -2.03. The Morgan fingerprint density at radius 1 is 1.15 bits per heavy atom. The van der Waals surface area contributed by atoms with Crippen LogP contribution in [0.25, 0.3) is 5.69 Å². The Hall–Kier alpha value is -3.75. The fourth-order valence-electron chi connectivity index (χ4n) is 2.46. The van der Waals surface area contributed by atoms with Crippen molar-refractivity contribution in [3.05, 3.63) is 63.8 Å². The van der Waals surface area contributed by atoms with E-state index in [0.29, 0.717) is 17.1 Å². The lowest BCUT2D eigenvalue weighted by atomic mass is 10.2. The van der Waals surface area contributed by atoms with Crippen LogP contribution in [-0.4, -0.2) is 26.9 Å². The summed E-state index contributed by atoms with van der Waals surface area (Å²) in [7, 11) is 1.39. The summed E-state index contributed by atoms with van der Waals surface area (Å²) in [5.41, 5.74) is 2.65. The lowest BCUT2D eigenvalue weighted by Crippen LogP contribution is -1.95. The van der Waals surface area contributed by atoms with E-state index in [9.17, 15) is 15.2 Å². The summed E-state index contributed by atoms with van der Waals surface area (Å²) in [6.45, 7) is 3.67. The van der Waals surface area contributed by atoms with Crippen molar-refractivity contribution in [1.82, 2.24) is 9.78 Å². The number of hydrogen-bond donors (Lipinski definition) is 1. The van der Waals surface area contributed by atoms with Gasteiger partial charge in [-0.05, 0) is 32.0 Å². The molecule has 3 rings (SSSR count). The van der Waals surface area contributed by atoms with Crippen molar-refractivity contribution in [2.24, 2.45) is 10.2 Å². The molecule has 0 spiro atoms. The van der Waals surface area contributed by atoms with Crippen LogP contribution in [-0.2, 0) is 0 Å². The summed E-state index contributed by atoms with van der Waals surface area (Å²) in [6, 6.07) is 11.5. The first-order chi connectivity index (χ1) is 12.9. The maximum Gasteiger partial charge on any atom is 0.273 e. The van der Waals surface area contributed by atoms with E-state index in [1.54, 1.807) is 6.92 Å². The van der Waals surface area contributed by atoms with Gasteiger partial charge < -0.3 is 9.84 Å². The normalized spacial score (nSPS) is 11.1. The van der Waals surface area contributed by atoms with Crippen molar-refractivity contribution < 1.29 is 14.8 Å². The molecule has 1 aromatic heterocycles. The number of methoxy groups -OCH3 is 1. The molecule has 0 unspecified atom stereocenters. The molecule has 0 fully saturated rings. The number of azo groups is 1. The number of aryl methyl sites for hydroxylation is 2. The number of rotatable bonds is 5. The molecule has 0 radical (unpaired) electrons. The first kappa shape index (κ1) is 18.1. The number of nitro groups is 1. The zero-order valence-corrected chi connectivity index (χ0v) is 14.9. The van der Waals surface area contributed by atoms with Gasteiger partial charge in [0.25, 0.3) is 5.69 Å². The number of hydrogen-bond acceptors (Lipinski definition) is 7. The lowest BCUT2D eigenvalue weighted by molar-refractivity contribution is -0.384. The van der Waals surface area contributed by atoms with Gasteiger partial charge in [-0.25, -0.2) is 0 Å². The van der Waals surface area contributed by atoms with Gasteiger partial charge in [0.2, 0.25) is 5.88 Å². The van der Waals surface area contributed by atoms with Crippen molar-refractivity contribution in [2.45, 2.75) is 13.8 Å². The minimum Gasteiger partial charge on any atom is -0.494 e. The summed E-state index contributed by atoms with van der Waals surface area (Å²) in [6.07, 6.45) is 0. The molecule has 0 aliphatic heterocycles. The zero-order valence-electron chi connectivity index (χ0n) is 14.9. The van der Waals surface area contributed by atoms with Crippen LogP contribution < -0.4 is 4.74 Å². The highest BCUT2D eigenvalue weighted by Crippen LogP contribution is 2.36. The second-order valence-electron chi connectivity index (χ2n) is 5.82. The average molecular weight is 367 g/mol. The van der Waals surface area contributed by atoms with Gasteiger partial charge in [-0.15, -0.1) is 10.2 Å². The largest absolute Gasteiger partial charge is 0.494 e. The van der Waals surface area contributed by atoms with Crippen LogP contribution in [0.1, 0.15) is 11.3 Å². The molecule has 1 N–H and O–H groups in total. The van der Waals surface area contributed by atoms with Crippen molar-refractivity contribution in [3.63, 3.8) is 0 Å². The number of benzene rings is 2. The maximum absolute atomic E-state index is 10.9. The average Bonchev–Trinajstić information content (AvgIpc) is 2.94. The Labute approximate surface area is 154 Å². The molecular weight excluding hydrogens is 350 g/mol. The van der Waals surface area contributed by atoms with E-state index in [2.05, 4.69) is 15.3 Å². The van der Waals surface area contributed by atoms with Gasteiger partial charge in [-0.2, -0.15) is 9.78 Å². The second kappa shape index (κ2) is 7.24. The molecule has 0 saturated heterocycles. The number of non-ortho nitro benzene ring substituents is 1. The van der Waals surface area contributed by atoms with Crippen molar-refractivity contribution in [3.8, 4) is 17.3 Å². The summed E-state index contributed by atoms with van der Waals surface area (Å²) in [5, 5.41) is 33.8. The first-order valence-corrected chi connectivity index (χ1v) is 8.00. The number of nitrogens with zero attached hydrogens (tertiary/aromatic N) is 5. The van der Waals surface area contributed by atoms with Crippen LogP contribution in [0, 0.1) is 24.0 Å². The van der Waals surface area contributed by atoms with Crippen LogP contribution in [0.4, 0.5) is 17.1 Å². The standard InChI is InChI=1S/C18H17N5O4/c1-11-4-6-13(7-5-11)22-18(24)17(12(2)21-22)20-19-15-9-8-14(23(25)26)10-16(15)27-3/h4-10,24H,1-3H3/b20-19+. The van der Waals surface area contributed by atoms with Gasteiger partial charge in [-0.3, -0.25) is 10.1 Å². The van der Waals surface area contributed by atoms with E-state index in [0.717, 1.165) is 5.56 Å². The second-order valence-corrected chi connectivity index (χ2v) is 5.82. The van der Waals surface area contributed by atoms with E-state index in [4.69, 9.17) is 4.74 Å². The van der Waals surface area contributed by atoms with Crippen LogP contribution in [0.3, 0.4) is 0 Å². The first-order valence-electron chi connectivity index (χ1n) is 8.00. The molecule has 0 aliphatic rings. The molecule has 138 valence electrons. The molecule has 0 atom stereocenters. The number of aromatic nitrogens is 2. The molecule has 9 heteroatoms. The predicted molar refractivity (Wildman–Crippen MR) is 98.5 cm³/mol. The van der Waals surface area contributed by atoms with E-state index < -0.39 is 4.92 Å². The fraction of sp³-hybridized carbons (Fsp3) is 0.167. The Balaban J connectivity index is 1.96. The van der Waals surface area contributed by atoms with Crippen LogP contribution in [0.15, 0.2) is 52.7 Å². The van der Waals surface area contributed by atoms with E-state index in [1.807, 2.05) is 31.2 Å². The summed E-state index contributed by atoms with van der Waals surface area (Å²) < 4.78 is 6.50. The van der Waals surface area contributed by atoms with E-state index in [-0.39, 0.29) is 23.0 Å². The zero-order chi connectivity index (χ0) is 19.6. The Bertz CT molecular complexity index is 1020. The highest BCUT2D eigenvalue weighted by molar-refractivity contribution is 5.58. The smallest absolute Gasteiger partial charge is 0.273 e. The third-order valence-electron chi connectivity index (χ3n) is 3.92. The summed E-state index contributed by atoms with van der Waals surface area (Å²) >= 11 is 0. The summed E-state index contributed by atoms with van der Waals surface area (Å²) in [5.74, 6) is 0.0528. The minimum absolute atomic E-state index is 0.114. The predicted octanol–water partition coefficient (Wildman–Crippen LogP) is 4.53. The van der Waals surface area contributed by atoms with Gasteiger partial charge in [0.1, 0.15) is 5.69 Å². The SMILES string of the molecule is COc1cc([N+](=O)[O-])ccc1/N=N/c1c(C)nn(-c2ccc(C)cc2)c1O. The quantitative estimate of drug-likeness (QED) is 0.404. The molecule has 1 heterocycles. The molecule has 0 bridgehead atoms. The Kier molecular flexibility index (Phi) is 4.84. The molecule has 0 amide bonds. The van der Waals surface area contributed by atoms with E-state index >= 15 is 0 Å². The summed E-state index contributed by atoms with van der Waals surface area (Å²) in [4.78, 5) is 10.3. The van der Waals surface area contributed by atoms with E-state index in [1.165, 1.54) is 30.0 Å². The van der Waals surface area contributed by atoms with Crippen molar-refractivity contribution in [2.75, 3.05) is 7.11 Å². The molecule has 0 aliphatic carbocycles. The molecule has 2 aromatic carbocycles. The molecule has 9 nitrogen and oxygen atoms in total. The molecule has 0 saturated carbocycles. The monoisotopic (exact) mass is 367 g/mol. The van der Waals surface area contributed by atoms with Crippen molar-refractivity contribution in [1.29, 1.82) is 0 Å². The molecular formula is C18H17N5O4. The van der Waals surface area contributed by atoms with Gasteiger partial charge in [0.15, 0.2) is 11.4 Å². The van der Waals surface area contributed by atoms with Gasteiger partial charge in [0.05, 0.1) is 29.5 Å². The molecule has 3 aromatic rings. The number of ether oxygens (including phenoxy) is 1. The number of aromatic hydroxyl groups is 1. The highest BCUT2D eigenvalue weighted by atomic mass is 16.6. The number of nitro benzene ring substituents is 1. The van der Waals surface area contributed by atoms with Crippen LogP contribution in [0.2, 0.25) is 0 Å². The topological polar surface area (TPSA) is 115 Å². The van der Waals surface area contributed by atoms with Gasteiger partial charge in [-0.1, -0.05) is 17.7 Å². The molecule has 27 heavy (non-hydrogen) atoms. The maximum atomic E-state index is 10.9. The third-order valence-corrected chi connectivity index (χ3v) is 3.92. The third kappa shape index (κ3) is 3.61.